The molecule has 0 rings (SSSR count). The summed E-state index contributed by atoms with van der Waals surface area (Å²) in [6, 6.07) is 0. The maximum atomic E-state index is 2.19. The molecule has 0 aromatic heterocycles. The molecule has 11 heavy (non-hydrogen) atoms. The molecule has 0 saturated heterocycles. The molecule has 0 aromatic carbocycles. The van der Waals surface area contributed by atoms with E-state index >= 15 is 0 Å². The number of rotatable bonds is 1. The summed E-state index contributed by atoms with van der Waals surface area (Å²) < 4.78 is 0. The van der Waals surface area contributed by atoms with Crippen molar-refractivity contribution < 1.29 is 0 Å². The Balaban J connectivity index is -0.0000000383. The van der Waals surface area contributed by atoms with Crippen molar-refractivity contribution >= 4 is 11.8 Å². The SMILES string of the molecule is C.C.CC(C)C.CSC(C)C. The quantitative estimate of drug-likeness (QED) is 0.564. The average molecular weight is 180 g/mol. The van der Waals surface area contributed by atoms with Gasteiger partial charge in [-0.05, 0) is 17.4 Å². The van der Waals surface area contributed by atoms with Crippen molar-refractivity contribution in [1.29, 1.82) is 0 Å². The van der Waals surface area contributed by atoms with Gasteiger partial charge in [-0.1, -0.05) is 49.5 Å². The molecule has 0 fully saturated rings. The van der Waals surface area contributed by atoms with Crippen LogP contribution < -0.4 is 0 Å². The Morgan fingerprint density at radius 1 is 0.818 bits per heavy atom. The Bertz CT molecular complexity index is 37.4. The first-order chi connectivity index (χ1) is 4.00. The van der Waals surface area contributed by atoms with Crippen molar-refractivity contribution in [3.05, 3.63) is 0 Å². The lowest BCUT2D eigenvalue weighted by molar-refractivity contribution is 0.737. The van der Waals surface area contributed by atoms with E-state index in [1.54, 1.807) is 0 Å². The maximum Gasteiger partial charge on any atom is -0.00125 e. The topological polar surface area (TPSA) is 0 Å². The van der Waals surface area contributed by atoms with E-state index in [4.69, 9.17) is 0 Å². The molecule has 0 N–H and O–H groups in total. The van der Waals surface area contributed by atoms with E-state index in [2.05, 4.69) is 40.9 Å². The van der Waals surface area contributed by atoms with Crippen LogP contribution in [0.2, 0.25) is 0 Å². The second-order valence-electron chi connectivity index (χ2n) is 3.02. The standard InChI is InChI=1S/C4H10S.C4H10.2CH4/c1-4(2)5-3;1-4(2)3;;/h4H,1-3H3;4H,1-3H3;2*1H4. The molecule has 0 aromatic rings. The van der Waals surface area contributed by atoms with Gasteiger partial charge in [0, 0.05) is 0 Å². The highest BCUT2D eigenvalue weighted by Crippen LogP contribution is 2.00. The Morgan fingerprint density at radius 3 is 0.909 bits per heavy atom. The molecular formula is C10H28S. The van der Waals surface area contributed by atoms with Crippen LogP contribution in [0.4, 0.5) is 0 Å². The van der Waals surface area contributed by atoms with Gasteiger partial charge in [0.2, 0.25) is 0 Å². The molecule has 74 valence electrons. The van der Waals surface area contributed by atoms with Gasteiger partial charge in [0.05, 0.1) is 0 Å². The first-order valence-corrected chi connectivity index (χ1v) is 4.82. The molecule has 0 unspecified atom stereocenters. The lowest BCUT2D eigenvalue weighted by Crippen LogP contribution is -1.79. The predicted octanol–water partition coefficient (Wildman–Crippen LogP) is 4.69. The first kappa shape index (κ1) is 22.5. The Morgan fingerprint density at radius 2 is 0.909 bits per heavy atom. The van der Waals surface area contributed by atoms with Crippen LogP contribution in [0.3, 0.4) is 0 Å². The Labute approximate surface area is 79.2 Å². The molecule has 0 aliphatic heterocycles. The number of hydrogen-bond donors (Lipinski definition) is 0. The molecule has 0 aliphatic rings. The second-order valence-corrected chi connectivity index (χ2v) is 4.43. The highest BCUT2D eigenvalue weighted by Gasteiger charge is 1.80. The summed E-state index contributed by atoms with van der Waals surface area (Å²) in [7, 11) is 0. The van der Waals surface area contributed by atoms with Crippen LogP contribution in [-0.2, 0) is 0 Å². The average Bonchev–Trinajstić information content (AvgIpc) is 1.65. The summed E-state index contributed by atoms with van der Waals surface area (Å²) >= 11 is 1.88. The fourth-order valence-corrected chi connectivity index (χ4v) is 0. The monoisotopic (exact) mass is 180 g/mol. The van der Waals surface area contributed by atoms with Crippen molar-refractivity contribution in [3.63, 3.8) is 0 Å². The third-order valence-electron chi connectivity index (χ3n) is 0.471. The van der Waals surface area contributed by atoms with E-state index in [1.165, 1.54) is 0 Å². The molecule has 1 heteroatoms. The molecule has 0 radical (unpaired) electrons. The smallest absolute Gasteiger partial charge is 0.00125 e. The molecule has 0 amide bonds. The van der Waals surface area contributed by atoms with Crippen LogP contribution >= 0.6 is 11.8 Å². The first-order valence-electron chi connectivity index (χ1n) is 3.53. The van der Waals surface area contributed by atoms with E-state index in [9.17, 15) is 0 Å². The Hall–Kier alpha value is 0.350. The molecule has 0 bridgehead atoms. The molecule has 0 nitrogen and oxygen atoms in total. The molecule has 0 heterocycles. The summed E-state index contributed by atoms with van der Waals surface area (Å²) in [4.78, 5) is 0. The molecule has 0 atom stereocenters. The zero-order valence-corrected chi connectivity index (χ0v) is 8.38. The van der Waals surface area contributed by atoms with E-state index in [1.807, 2.05) is 11.8 Å². The third kappa shape index (κ3) is 131. The van der Waals surface area contributed by atoms with Crippen molar-refractivity contribution in [2.75, 3.05) is 6.26 Å². The normalized spacial score (nSPS) is 7.64. The fourth-order valence-electron chi connectivity index (χ4n) is 0. The van der Waals surface area contributed by atoms with E-state index in [-0.39, 0.29) is 14.9 Å². The van der Waals surface area contributed by atoms with E-state index in [0.717, 1.165) is 11.2 Å². The molecule has 0 saturated carbocycles. The van der Waals surface area contributed by atoms with Gasteiger partial charge in [0.25, 0.3) is 0 Å². The second kappa shape index (κ2) is 16.7. The van der Waals surface area contributed by atoms with Gasteiger partial charge in [0.15, 0.2) is 0 Å². The van der Waals surface area contributed by atoms with Gasteiger partial charge in [-0.3, -0.25) is 0 Å². The van der Waals surface area contributed by atoms with Gasteiger partial charge < -0.3 is 0 Å². The van der Waals surface area contributed by atoms with Crippen LogP contribution in [0.25, 0.3) is 0 Å². The van der Waals surface area contributed by atoms with Gasteiger partial charge in [0.1, 0.15) is 0 Å². The zero-order chi connectivity index (χ0) is 7.86. The van der Waals surface area contributed by atoms with Crippen molar-refractivity contribution in [3.8, 4) is 0 Å². The van der Waals surface area contributed by atoms with E-state index < -0.39 is 0 Å². The molecular weight excluding hydrogens is 152 g/mol. The summed E-state index contributed by atoms with van der Waals surface area (Å²) in [5, 5.41) is 0.801. The van der Waals surface area contributed by atoms with Crippen LogP contribution in [0.5, 0.6) is 0 Å². The maximum absolute atomic E-state index is 2.19. The van der Waals surface area contributed by atoms with Gasteiger partial charge in [-0.25, -0.2) is 0 Å². The van der Waals surface area contributed by atoms with Gasteiger partial charge >= 0.3 is 0 Å². The predicted molar refractivity (Wildman–Crippen MR) is 62.6 cm³/mol. The fraction of sp³-hybridized carbons (Fsp3) is 1.00. The van der Waals surface area contributed by atoms with Crippen LogP contribution in [-0.4, -0.2) is 11.5 Å². The summed E-state index contributed by atoms with van der Waals surface area (Å²) in [6.07, 6.45) is 2.12. The van der Waals surface area contributed by atoms with Gasteiger partial charge in [-0.2, -0.15) is 11.8 Å². The minimum atomic E-state index is 0. The summed E-state index contributed by atoms with van der Waals surface area (Å²) in [5.74, 6) is 0.833. The minimum absolute atomic E-state index is 0. The van der Waals surface area contributed by atoms with Crippen LogP contribution in [0.1, 0.15) is 49.5 Å². The Kier molecular flexibility index (Phi) is 34.3. The lowest BCUT2D eigenvalue weighted by atomic mass is 10.3. The number of thioether (sulfide) groups is 1. The highest BCUT2D eigenvalue weighted by molar-refractivity contribution is 7.99. The molecule has 0 aliphatic carbocycles. The van der Waals surface area contributed by atoms with Crippen molar-refractivity contribution in [2.45, 2.75) is 54.7 Å². The highest BCUT2D eigenvalue weighted by atomic mass is 32.2. The van der Waals surface area contributed by atoms with E-state index in [0.29, 0.717) is 0 Å². The lowest BCUT2D eigenvalue weighted by Gasteiger charge is -1.90. The van der Waals surface area contributed by atoms with Crippen LogP contribution in [0.15, 0.2) is 0 Å². The largest absolute Gasteiger partial charge is 0.163 e. The summed E-state index contributed by atoms with van der Waals surface area (Å²) in [5.41, 5.74) is 0. The third-order valence-corrected chi connectivity index (χ3v) is 1.41. The van der Waals surface area contributed by atoms with Gasteiger partial charge in [-0.15, -0.1) is 0 Å². The summed E-state index contributed by atoms with van der Waals surface area (Å²) in [6.45, 7) is 10.9. The number of hydrogen-bond acceptors (Lipinski definition) is 1. The van der Waals surface area contributed by atoms with Crippen molar-refractivity contribution in [2.24, 2.45) is 5.92 Å². The molecule has 0 spiro atoms. The van der Waals surface area contributed by atoms with Crippen LogP contribution in [0, 0.1) is 5.92 Å². The zero-order valence-electron chi connectivity index (χ0n) is 7.56. The minimum Gasteiger partial charge on any atom is -0.163 e. The van der Waals surface area contributed by atoms with Crippen molar-refractivity contribution in [1.82, 2.24) is 0 Å².